The molecule has 0 aromatic heterocycles. The van der Waals surface area contributed by atoms with E-state index in [9.17, 15) is 0 Å². The molecular weight excluding hydrogens is 228 g/mol. The molecule has 0 bridgehead atoms. The number of hydrogen-bond donors (Lipinski definition) is 1. The lowest BCUT2D eigenvalue weighted by atomic mass is 10.1. The number of nitrogens with one attached hydrogen (secondary N) is 1. The van der Waals surface area contributed by atoms with Gasteiger partial charge in [0.05, 0.1) is 6.54 Å². The van der Waals surface area contributed by atoms with Crippen LogP contribution < -0.4 is 5.32 Å². The summed E-state index contributed by atoms with van der Waals surface area (Å²) in [7, 11) is 0. The summed E-state index contributed by atoms with van der Waals surface area (Å²) in [5, 5.41) is 5.59. The fraction of sp³-hybridized carbons (Fsp3) is 0.929. The molecule has 1 aliphatic rings. The number of thioether (sulfide) groups is 1. The molecule has 2 nitrogen and oxygen atoms in total. The zero-order valence-electron chi connectivity index (χ0n) is 11.7. The maximum Gasteiger partial charge on any atom is 0.157 e. The molecule has 0 saturated carbocycles. The third-order valence-corrected chi connectivity index (χ3v) is 4.39. The Balaban J connectivity index is 2.29. The average molecular weight is 256 g/mol. The number of aliphatic imine (C=N–C) groups is 1. The van der Waals surface area contributed by atoms with Gasteiger partial charge in [0, 0.05) is 11.3 Å². The van der Waals surface area contributed by atoms with Crippen LogP contribution in [-0.4, -0.2) is 23.0 Å². The van der Waals surface area contributed by atoms with E-state index in [1.807, 2.05) is 11.8 Å². The number of rotatable bonds is 8. The summed E-state index contributed by atoms with van der Waals surface area (Å²) < 4.78 is 0. The Morgan fingerprint density at radius 3 is 2.71 bits per heavy atom. The molecule has 0 fully saturated rings. The van der Waals surface area contributed by atoms with Gasteiger partial charge in [-0.2, -0.15) is 0 Å². The van der Waals surface area contributed by atoms with Crippen molar-refractivity contribution in [2.24, 2.45) is 4.99 Å². The van der Waals surface area contributed by atoms with Gasteiger partial charge in [-0.3, -0.25) is 4.99 Å². The molecule has 0 aliphatic carbocycles. The Bertz CT molecular complexity index is 228. The summed E-state index contributed by atoms with van der Waals surface area (Å²) >= 11 is 1.96. The summed E-state index contributed by atoms with van der Waals surface area (Å²) in [4.78, 5) is 4.63. The first kappa shape index (κ1) is 14.9. The maximum absolute atomic E-state index is 4.63. The predicted octanol–water partition coefficient (Wildman–Crippen LogP) is 4.21. The molecule has 2 unspecified atom stereocenters. The number of hydrogen-bond acceptors (Lipinski definition) is 3. The Hall–Kier alpha value is -0.180. The van der Waals surface area contributed by atoms with Crippen LogP contribution in [0.3, 0.4) is 0 Å². The second kappa shape index (κ2) is 8.84. The largest absolute Gasteiger partial charge is 0.362 e. The van der Waals surface area contributed by atoms with E-state index < -0.39 is 0 Å². The topological polar surface area (TPSA) is 24.4 Å². The van der Waals surface area contributed by atoms with Crippen LogP contribution in [0, 0.1) is 0 Å². The van der Waals surface area contributed by atoms with Crippen molar-refractivity contribution in [2.45, 2.75) is 77.0 Å². The third-order valence-electron chi connectivity index (χ3n) is 3.20. The van der Waals surface area contributed by atoms with Crippen molar-refractivity contribution in [3.05, 3.63) is 0 Å². The molecule has 0 amide bonds. The van der Waals surface area contributed by atoms with E-state index in [-0.39, 0.29) is 0 Å². The van der Waals surface area contributed by atoms with Crippen molar-refractivity contribution < 1.29 is 0 Å². The van der Waals surface area contributed by atoms with E-state index in [4.69, 9.17) is 0 Å². The second-order valence-electron chi connectivity index (χ2n) is 4.95. The van der Waals surface area contributed by atoms with Gasteiger partial charge in [-0.25, -0.2) is 0 Å². The minimum Gasteiger partial charge on any atom is -0.362 e. The van der Waals surface area contributed by atoms with E-state index >= 15 is 0 Å². The van der Waals surface area contributed by atoms with Crippen molar-refractivity contribution in [2.75, 3.05) is 6.54 Å². The normalized spacial score (nSPS) is 21.4. The maximum atomic E-state index is 4.63. The molecule has 0 aromatic carbocycles. The predicted molar refractivity (Wildman–Crippen MR) is 79.9 cm³/mol. The van der Waals surface area contributed by atoms with Gasteiger partial charge in [-0.05, 0) is 19.3 Å². The van der Waals surface area contributed by atoms with Gasteiger partial charge in [0.15, 0.2) is 5.17 Å². The lowest BCUT2D eigenvalue weighted by Gasteiger charge is -2.19. The molecule has 3 heteroatoms. The van der Waals surface area contributed by atoms with Crippen LogP contribution in [0.2, 0.25) is 0 Å². The minimum atomic E-state index is 0.645. The first-order chi connectivity index (χ1) is 8.30. The fourth-order valence-corrected chi connectivity index (χ4v) is 3.43. The van der Waals surface area contributed by atoms with E-state index in [2.05, 4.69) is 31.1 Å². The van der Waals surface area contributed by atoms with E-state index in [0.29, 0.717) is 6.04 Å². The molecule has 1 N–H and O–H groups in total. The lowest BCUT2D eigenvalue weighted by Crippen LogP contribution is -2.32. The highest BCUT2D eigenvalue weighted by atomic mass is 32.2. The van der Waals surface area contributed by atoms with E-state index in [1.54, 1.807) is 0 Å². The van der Waals surface area contributed by atoms with E-state index in [0.717, 1.165) is 11.8 Å². The van der Waals surface area contributed by atoms with Crippen LogP contribution in [0.5, 0.6) is 0 Å². The molecule has 0 spiro atoms. The van der Waals surface area contributed by atoms with Crippen LogP contribution in [-0.2, 0) is 0 Å². The van der Waals surface area contributed by atoms with Crippen LogP contribution >= 0.6 is 11.8 Å². The van der Waals surface area contributed by atoms with Crippen molar-refractivity contribution in [3.8, 4) is 0 Å². The van der Waals surface area contributed by atoms with Crippen LogP contribution in [0.25, 0.3) is 0 Å². The molecule has 0 saturated heterocycles. The van der Waals surface area contributed by atoms with Crippen LogP contribution in [0.4, 0.5) is 0 Å². The average Bonchev–Trinajstić information content (AvgIpc) is 2.74. The Morgan fingerprint density at radius 2 is 2.06 bits per heavy atom. The first-order valence-corrected chi connectivity index (χ1v) is 8.15. The highest BCUT2D eigenvalue weighted by Crippen LogP contribution is 2.24. The Labute approximate surface area is 111 Å². The zero-order chi connectivity index (χ0) is 12.5. The summed E-state index contributed by atoms with van der Waals surface area (Å²) in [6.07, 6.45) is 9.02. The quantitative estimate of drug-likeness (QED) is 0.703. The third kappa shape index (κ3) is 5.80. The molecule has 2 atom stereocenters. The highest BCUT2D eigenvalue weighted by molar-refractivity contribution is 8.14. The molecule has 1 rings (SSSR count). The van der Waals surface area contributed by atoms with Crippen molar-refractivity contribution in [1.82, 2.24) is 5.32 Å². The molecule has 0 radical (unpaired) electrons. The highest BCUT2D eigenvalue weighted by Gasteiger charge is 2.20. The Morgan fingerprint density at radius 1 is 1.24 bits per heavy atom. The second-order valence-corrected chi connectivity index (χ2v) is 6.24. The molecule has 1 aliphatic heterocycles. The standard InChI is InChI=1S/C14H28N2S/c1-4-7-10-12(8-5-2)16-14-15-11-13(17-14)9-6-3/h12-13H,4-11H2,1-3H3,(H,15,16). The van der Waals surface area contributed by atoms with Gasteiger partial charge in [-0.15, -0.1) is 0 Å². The molecule has 100 valence electrons. The summed E-state index contributed by atoms with van der Waals surface area (Å²) in [5.74, 6) is 0. The molecule has 17 heavy (non-hydrogen) atoms. The van der Waals surface area contributed by atoms with Gasteiger partial charge >= 0.3 is 0 Å². The number of unbranched alkanes of at least 4 members (excludes halogenated alkanes) is 1. The van der Waals surface area contributed by atoms with Gasteiger partial charge in [0.2, 0.25) is 0 Å². The van der Waals surface area contributed by atoms with Gasteiger partial charge < -0.3 is 5.32 Å². The molecule has 1 heterocycles. The van der Waals surface area contributed by atoms with Crippen molar-refractivity contribution >= 4 is 16.9 Å². The van der Waals surface area contributed by atoms with Crippen molar-refractivity contribution in [1.29, 1.82) is 0 Å². The monoisotopic (exact) mass is 256 g/mol. The van der Waals surface area contributed by atoms with Crippen molar-refractivity contribution in [3.63, 3.8) is 0 Å². The van der Waals surface area contributed by atoms with Crippen LogP contribution in [0.1, 0.15) is 65.7 Å². The van der Waals surface area contributed by atoms with Crippen LogP contribution in [0.15, 0.2) is 4.99 Å². The first-order valence-electron chi connectivity index (χ1n) is 7.27. The summed E-state index contributed by atoms with van der Waals surface area (Å²) in [5.41, 5.74) is 0. The van der Waals surface area contributed by atoms with E-state index in [1.165, 1.54) is 50.1 Å². The lowest BCUT2D eigenvalue weighted by molar-refractivity contribution is 0.497. The SMILES string of the molecule is CCCCC(CCC)NC1=NCC(CCC)S1. The minimum absolute atomic E-state index is 0.645. The van der Waals surface area contributed by atoms with Gasteiger partial charge in [-0.1, -0.05) is 58.2 Å². The molecule has 0 aromatic rings. The Kier molecular flexibility index (Phi) is 7.74. The van der Waals surface area contributed by atoms with Gasteiger partial charge in [0.25, 0.3) is 0 Å². The fourth-order valence-electron chi connectivity index (χ4n) is 2.23. The smallest absolute Gasteiger partial charge is 0.157 e. The van der Waals surface area contributed by atoms with Gasteiger partial charge in [0.1, 0.15) is 0 Å². The zero-order valence-corrected chi connectivity index (χ0v) is 12.5. The number of amidine groups is 1. The molecular formula is C14H28N2S. The summed E-state index contributed by atoms with van der Waals surface area (Å²) in [6, 6.07) is 0.645. The number of nitrogens with zero attached hydrogens (tertiary/aromatic N) is 1. The summed E-state index contributed by atoms with van der Waals surface area (Å²) in [6.45, 7) is 7.81.